The van der Waals surface area contributed by atoms with E-state index in [-0.39, 0.29) is 11.5 Å². The van der Waals surface area contributed by atoms with E-state index in [0.29, 0.717) is 0 Å². The number of benzene rings is 3. The zero-order valence-corrected chi connectivity index (χ0v) is 11.8. The fourth-order valence-corrected chi connectivity index (χ4v) is 2.10. The molecule has 4 N–H and O–H groups in total. The second kappa shape index (κ2) is 6.10. The molecule has 0 saturated carbocycles. The second-order valence-corrected chi connectivity index (χ2v) is 4.89. The molecule has 110 valence electrons. The van der Waals surface area contributed by atoms with Crippen LogP contribution in [0.1, 0.15) is 0 Å². The monoisotopic (exact) mass is 292 g/mol. The summed E-state index contributed by atoms with van der Waals surface area (Å²) < 4.78 is 0. The third kappa shape index (κ3) is 3.30. The molecule has 0 aliphatic heterocycles. The van der Waals surface area contributed by atoms with Gasteiger partial charge in [-0.05, 0) is 60.7 Å². The molecule has 0 aliphatic rings. The van der Waals surface area contributed by atoms with E-state index >= 15 is 0 Å². The Kier molecular flexibility index (Phi) is 3.83. The van der Waals surface area contributed by atoms with Crippen molar-refractivity contribution in [3.05, 3.63) is 72.8 Å². The number of aromatic hydroxyl groups is 2. The third-order valence-electron chi connectivity index (χ3n) is 3.22. The number of rotatable bonds is 4. The molecule has 22 heavy (non-hydrogen) atoms. The maximum Gasteiger partial charge on any atom is 0.115 e. The minimum absolute atomic E-state index is 0.237. The molecule has 0 bridgehead atoms. The summed E-state index contributed by atoms with van der Waals surface area (Å²) in [5.41, 5.74) is 3.61. The Morgan fingerprint density at radius 3 is 1.23 bits per heavy atom. The Morgan fingerprint density at radius 1 is 0.500 bits per heavy atom. The van der Waals surface area contributed by atoms with E-state index < -0.39 is 0 Å². The van der Waals surface area contributed by atoms with Crippen LogP contribution in [0.5, 0.6) is 11.5 Å². The van der Waals surface area contributed by atoms with Crippen LogP contribution < -0.4 is 10.6 Å². The molecule has 0 unspecified atom stereocenters. The van der Waals surface area contributed by atoms with Crippen molar-refractivity contribution in [3.63, 3.8) is 0 Å². The SMILES string of the molecule is Oc1ccc(Nc2ccccc2Nc2ccc(O)cc2)cc1. The molecular weight excluding hydrogens is 276 g/mol. The summed E-state index contributed by atoms with van der Waals surface area (Å²) in [6.07, 6.45) is 0. The fourth-order valence-electron chi connectivity index (χ4n) is 2.10. The van der Waals surface area contributed by atoms with E-state index in [0.717, 1.165) is 22.7 Å². The summed E-state index contributed by atoms with van der Waals surface area (Å²) in [5.74, 6) is 0.474. The molecule has 0 amide bonds. The number of phenolic OH excluding ortho intramolecular Hbond substituents is 2. The standard InChI is InChI=1S/C18H16N2O2/c21-15-9-5-13(6-10-15)19-17-3-1-2-4-18(17)20-14-7-11-16(22)12-8-14/h1-12,19-22H. The van der Waals surface area contributed by atoms with Crippen LogP contribution in [0.2, 0.25) is 0 Å². The van der Waals surface area contributed by atoms with Gasteiger partial charge in [-0.15, -0.1) is 0 Å². The predicted molar refractivity (Wildman–Crippen MR) is 89.2 cm³/mol. The zero-order chi connectivity index (χ0) is 15.4. The normalized spacial score (nSPS) is 10.2. The lowest BCUT2D eigenvalue weighted by Crippen LogP contribution is -1.97. The van der Waals surface area contributed by atoms with E-state index in [2.05, 4.69) is 10.6 Å². The van der Waals surface area contributed by atoms with Crippen LogP contribution in [-0.2, 0) is 0 Å². The smallest absolute Gasteiger partial charge is 0.115 e. The van der Waals surface area contributed by atoms with Gasteiger partial charge in [-0.3, -0.25) is 0 Å². The van der Waals surface area contributed by atoms with Crippen molar-refractivity contribution in [1.82, 2.24) is 0 Å². The third-order valence-corrected chi connectivity index (χ3v) is 3.22. The molecule has 0 spiro atoms. The summed E-state index contributed by atoms with van der Waals surface area (Å²) >= 11 is 0. The Morgan fingerprint density at radius 2 is 0.864 bits per heavy atom. The lowest BCUT2D eigenvalue weighted by Gasteiger charge is -2.14. The van der Waals surface area contributed by atoms with Gasteiger partial charge in [-0.2, -0.15) is 0 Å². The van der Waals surface area contributed by atoms with Crippen LogP contribution in [0.15, 0.2) is 72.8 Å². The highest BCUT2D eigenvalue weighted by Gasteiger charge is 2.03. The Balaban J connectivity index is 1.83. The topological polar surface area (TPSA) is 64.5 Å². The fraction of sp³-hybridized carbons (Fsp3) is 0. The highest BCUT2D eigenvalue weighted by molar-refractivity contribution is 5.78. The lowest BCUT2D eigenvalue weighted by molar-refractivity contribution is 0.475. The molecule has 4 nitrogen and oxygen atoms in total. The van der Waals surface area contributed by atoms with Gasteiger partial charge in [-0.1, -0.05) is 12.1 Å². The number of para-hydroxylation sites is 2. The first kappa shape index (κ1) is 13.8. The lowest BCUT2D eigenvalue weighted by atomic mass is 10.2. The molecule has 0 fully saturated rings. The van der Waals surface area contributed by atoms with Gasteiger partial charge in [0, 0.05) is 11.4 Å². The highest BCUT2D eigenvalue weighted by atomic mass is 16.3. The average molecular weight is 292 g/mol. The molecule has 0 heterocycles. The number of phenols is 2. The van der Waals surface area contributed by atoms with Crippen LogP contribution in [0.3, 0.4) is 0 Å². The molecule has 3 rings (SSSR count). The van der Waals surface area contributed by atoms with Crippen molar-refractivity contribution < 1.29 is 10.2 Å². The number of hydrogen-bond donors (Lipinski definition) is 4. The molecule has 0 radical (unpaired) electrons. The van der Waals surface area contributed by atoms with E-state index in [9.17, 15) is 10.2 Å². The Labute approximate surface area is 128 Å². The highest BCUT2D eigenvalue weighted by Crippen LogP contribution is 2.29. The van der Waals surface area contributed by atoms with Crippen LogP contribution in [0.4, 0.5) is 22.7 Å². The van der Waals surface area contributed by atoms with Crippen molar-refractivity contribution in [2.45, 2.75) is 0 Å². The summed E-state index contributed by atoms with van der Waals surface area (Å²) in [5, 5.41) is 25.3. The summed E-state index contributed by atoms with van der Waals surface area (Å²) in [6, 6.07) is 21.6. The van der Waals surface area contributed by atoms with Crippen LogP contribution in [-0.4, -0.2) is 10.2 Å². The molecular formula is C18H16N2O2. The quantitative estimate of drug-likeness (QED) is 0.531. The number of hydrogen-bond acceptors (Lipinski definition) is 4. The van der Waals surface area contributed by atoms with Crippen molar-refractivity contribution >= 4 is 22.7 Å². The van der Waals surface area contributed by atoms with Gasteiger partial charge in [0.25, 0.3) is 0 Å². The summed E-state index contributed by atoms with van der Waals surface area (Å²) in [7, 11) is 0. The molecule has 3 aromatic carbocycles. The molecule has 4 heteroatoms. The van der Waals surface area contributed by atoms with E-state index in [1.54, 1.807) is 24.3 Å². The average Bonchev–Trinajstić information content (AvgIpc) is 2.54. The minimum atomic E-state index is 0.237. The molecule has 3 aromatic rings. The predicted octanol–water partition coefficient (Wildman–Crippen LogP) is 4.59. The maximum absolute atomic E-state index is 9.33. The maximum atomic E-state index is 9.33. The first-order valence-corrected chi connectivity index (χ1v) is 6.92. The van der Waals surface area contributed by atoms with E-state index in [1.165, 1.54) is 0 Å². The zero-order valence-electron chi connectivity index (χ0n) is 11.8. The number of nitrogens with one attached hydrogen (secondary N) is 2. The van der Waals surface area contributed by atoms with Gasteiger partial charge in [0.15, 0.2) is 0 Å². The summed E-state index contributed by atoms with van der Waals surface area (Å²) in [4.78, 5) is 0. The largest absolute Gasteiger partial charge is 0.508 e. The van der Waals surface area contributed by atoms with Gasteiger partial charge in [0.05, 0.1) is 11.4 Å². The molecule has 0 saturated heterocycles. The minimum Gasteiger partial charge on any atom is -0.508 e. The van der Waals surface area contributed by atoms with Crippen LogP contribution in [0, 0.1) is 0 Å². The van der Waals surface area contributed by atoms with Crippen molar-refractivity contribution in [3.8, 4) is 11.5 Å². The van der Waals surface area contributed by atoms with Crippen molar-refractivity contribution in [2.24, 2.45) is 0 Å². The molecule has 0 aromatic heterocycles. The molecule has 0 atom stereocenters. The van der Waals surface area contributed by atoms with Crippen molar-refractivity contribution in [2.75, 3.05) is 10.6 Å². The number of anilines is 4. The summed E-state index contributed by atoms with van der Waals surface area (Å²) in [6.45, 7) is 0. The Bertz CT molecular complexity index is 686. The second-order valence-electron chi connectivity index (χ2n) is 4.89. The van der Waals surface area contributed by atoms with Gasteiger partial charge >= 0.3 is 0 Å². The molecule has 0 aliphatic carbocycles. The van der Waals surface area contributed by atoms with E-state index in [4.69, 9.17) is 0 Å². The van der Waals surface area contributed by atoms with Gasteiger partial charge in [0.2, 0.25) is 0 Å². The van der Waals surface area contributed by atoms with Gasteiger partial charge in [-0.25, -0.2) is 0 Å². The van der Waals surface area contributed by atoms with E-state index in [1.807, 2.05) is 48.5 Å². The first-order chi connectivity index (χ1) is 10.7. The first-order valence-electron chi connectivity index (χ1n) is 6.92. The van der Waals surface area contributed by atoms with Gasteiger partial charge in [0.1, 0.15) is 11.5 Å². The Hall–Kier alpha value is -3.14. The van der Waals surface area contributed by atoms with Gasteiger partial charge < -0.3 is 20.8 Å². The van der Waals surface area contributed by atoms with Crippen LogP contribution in [0.25, 0.3) is 0 Å². The van der Waals surface area contributed by atoms with Crippen LogP contribution >= 0.6 is 0 Å². The van der Waals surface area contributed by atoms with Crippen molar-refractivity contribution in [1.29, 1.82) is 0 Å².